The highest BCUT2D eigenvalue weighted by molar-refractivity contribution is 9.10. The molecule has 0 saturated carbocycles. The van der Waals surface area contributed by atoms with Gasteiger partial charge in [-0.3, -0.25) is 4.79 Å². The molecule has 6 heteroatoms. The van der Waals surface area contributed by atoms with Gasteiger partial charge < -0.3 is 10.1 Å². The molecule has 0 unspecified atom stereocenters. The van der Waals surface area contributed by atoms with Crippen LogP contribution in [0.2, 0.25) is 5.02 Å². The fourth-order valence-electron chi connectivity index (χ4n) is 1.65. The predicted molar refractivity (Wildman–Crippen MR) is 80.1 cm³/mol. The van der Waals surface area contributed by atoms with Crippen LogP contribution in [0, 0.1) is 5.82 Å². The zero-order chi connectivity index (χ0) is 14.7. The number of carbonyl (C=O) groups excluding carboxylic acids is 1. The summed E-state index contributed by atoms with van der Waals surface area (Å²) in [6.07, 6.45) is 0. The Labute approximate surface area is 128 Å². The number of hydrogen-bond donors (Lipinski definition) is 1. The second-order valence-corrected chi connectivity index (χ2v) is 5.22. The second-order valence-electron chi connectivity index (χ2n) is 3.90. The number of amides is 1. The molecule has 0 radical (unpaired) electrons. The third-order valence-corrected chi connectivity index (χ3v) is 3.42. The summed E-state index contributed by atoms with van der Waals surface area (Å²) in [5.74, 6) is -0.715. The van der Waals surface area contributed by atoms with E-state index >= 15 is 0 Å². The molecule has 0 bridgehead atoms. The van der Waals surface area contributed by atoms with Crippen molar-refractivity contribution < 1.29 is 13.9 Å². The SMILES string of the molecule is COc1cc(Br)ccc1C(=O)Nc1c(F)cccc1Cl. The highest BCUT2D eigenvalue weighted by Gasteiger charge is 2.16. The van der Waals surface area contributed by atoms with E-state index in [0.29, 0.717) is 5.75 Å². The molecule has 3 nitrogen and oxygen atoms in total. The van der Waals surface area contributed by atoms with E-state index in [1.807, 2.05) is 0 Å². The summed E-state index contributed by atoms with van der Waals surface area (Å²) in [6.45, 7) is 0. The van der Waals surface area contributed by atoms with E-state index < -0.39 is 11.7 Å². The van der Waals surface area contributed by atoms with E-state index in [0.717, 1.165) is 4.47 Å². The Balaban J connectivity index is 2.33. The Kier molecular flexibility index (Phi) is 4.62. The lowest BCUT2D eigenvalue weighted by atomic mass is 10.2. The molecule has 1 N–H and O–H groups in total. The average molecular weight is 359 g/mol. The molecule has 0 aromatic heterocycles. The smallest absolute Gasteiger partial charge is 0.259 e. The number of halogens is 3. The largest absolute Gasteiger partial charge is 0.496 e. The Hall–Kier alpha value is -1.59. The van der Waals surface area contributed by atoms with Crippen molar-refractivity contribution >= 4 is 39.1 Å². The zero-order valence-corrected chi connectivity index (χ0v) is 12.8. The van der Waals surface area contributed by atoms with Crippen LogP contribution in [0.3, 0.4) is 0 Å². The first-order chi connectivity index (χ1) is 9.52. The van der Waals surface area contributed by atoms with Crippen molar-refractivity contribution in [2.45, 2.75) is 0 Å². The third kappa shape index (κ3) is 3.11. The first-order valence-corrected chi connectivity index (χ1v) is 6.79. The van der Waals surface area contributed by atoms with E-state index in [2.05, 4.69) is 21.2 Å². The molecule has 0 aliphatic carbocycles. The molecule has 0 atom stereocenters. The van der Waals surface area contributed by atoms with Crippen LogP contribution in [0.15, 0.2) is 40.9 Å². The maximum absolute atomic E-state index is 13.6. The van der Waals surface area contributed by atoms with Gasteiger partial charge in [-0.25, -0.2) is 4.39 Å². The Morgan fingerprint density at radius 1 is 1.35 bits per heavy atom. The maximum atomic E-state index is 13.6. The summed E-state index contributed by atoms with van der Waals surface area (Å²) < 4.78 is 19.5. The summed E-state index contributed by atoms with van der Waals surface area (Å²) in [7, 11) is 1.45. The minimum atomic E-state index is -0.595. The number of anilines is 1. The standard InChI is InChI=1S/C14H10BrClFNO2/c1-20-12-7-8(15)5-6-9(12)14(19)18-13-10(16)3-2-4-11(13)17/h2-7H,1H3,(H,18,19). The summed E-state index contributed by atoms with van der Waals surface area (Å²) in [6, 6.07) is 9.11. The summed E-state index contributed by atoms with van der Waals surface area (Å²) in [5.41, 5.74) is 0.235. The highest BCUT2D eigenvalue weighted by Crippen LogP contribution is 2.28. The Bertz CT molecular complexity index is 643. The molecule has 0 spiro atoms. The van der Waals surface area contributed by atoms with Crippen molar-refractivity contribution in [3.63, 3.8) is 0 Å². The van der Waals surface area contributed by atoms with Gasteiger partial charge in [0.05, 0.1) is 23.4 Å². The highest BCUT2D eigenvalue weighted by atomic mass is 79.9. The molecule has 0 aliphatic heterocycles. The van der Waals surface area contributed by atoms with E-state index in [4.69, 9.17) is 16.3 Å². The number of ether oxygens (including phenoxy) is 1. The second kappa shape index (κ2) is 6.24. The van der Waals surface area contributed by atoms with Gasteiger partial charge in [-0.05, 0) is 30.3 Å². The lowest BCUT2D eigenvalue weighted by molar-refractivity contribution is 0.102. The molecule has 104 valence electrons. The Morgan fingerprint density at radius 3 is 2.75 bits per heavy atom. The number of carbonyl (C=O) groups is 1. The van der Waals surface area contributed by atoms with Crippen LogP contribution >= 0.6 is 27.5 Å². The van der Waals surface area contributed by atoms with E-state index in [1.165, 1.54) is 25.3 Å². The quantitative estimate of drug-likeness (QED) is 0.877. The van der Waals surface area contributed by atoms with Gasteiger partial charge in [0.1, 0.15) is 11.6 Å². The topological polar surface area (TPSA) is 38.3 Å². The van der Waals surface area contributed by atoms with Gasteiger partial charge in [0, 0.05) is 4.47 Å². The first-order valence-electron chi connectivity index (χ1n) is 5.62. The van der Waals surface area contributed by atoms with Gasteiger partial charge in [-0.2, -0.15) is 0 Å². The van der Waals surface area contributed by atoms with Crippen molar-refractivity contribution in [3.8, 4) is 5.75 Å². The van der Waals surface area contributed by atoms with Crippen LogP contribution in [0.1, 0.15) is 10.4 Å². The average Bonchev–Trinajstić information content (AvgIpc) is 2.42. The number of para-hydroxylation sites is 1. The predicted octanol–water partition coefficient (Wildman–Crippen LogP) is 4.50. The van der Waals surface area contributed by atoms with Crippen molar-refractivity contribution in [2.24, 2.45) is 0 Å². The fourth-order valence-corrected chi connectivity index (χ4v) is 2.20. The van der Waals surface area contributed by atoms with Gasteiger partial charge in [-0.15, -0.1) is 0 Å². The Morgan fingerprint density at radius 2 is 2.10 bits per heavy atom. The minimum absolute atomic E-state index is 0.0517. The molecule has 0 aliphatic rings. The van der Waals surface area contributed by atoms with Crippen LogP contribution in [0.25, 0.3) is 0 Å². The molecule has 2 rings (SSSR count). The molecular weight excluding hydrogens is 349 g/mol. The maximum Gasteiger partial charge on any atom is 0.259 e. The van der Waals surface area contributed by atoms with Crippen LogP contribution in [-0.2, 0) is 0 Å². The van der Waals surface area contributed by atoms with E-state index in [1.54, 1.807) is 18.2 Å². The number of benzene rings is 2. The van der Waals surface area contributed by atoms with Gasteiger partial charge in [0.15, 0.2) is 0 Å². The van der Waals surface area contributed by atoms with Crippen molar-refractivity contribution in [1.29, 1.82) is 0 Å². The minimum Gasteiger partial charge on any atom is -0.496 e. The van der Waals surface area contributed by atoms with Crippen LogP contribution in [0.4, 0.5) is 10.1 Å². The van der Waals surface area contributed by atoms with Crippen LogP contribution < -0.4 is 10.1 Å². The third-order valence-electron chi connectivity index (χ3n) is 2.61. The van der Waals surface area contributed by atoms with E-state index in [9.17, 15) is 9.18 Å². The normalized spacial score (nSPS) is 10.2. The summed E-state index contributed by atoms with van der Waals surface area (Å²) in [5, 5.41) is 2.58. The monoisotopic (exact) mass is 357 g/mol. The lowest BCUT2D eigenvalue weighted by Crippen LogP contribution is -2.14. The molecule has 2 aromatic rings. The fraction of sp³-hybridized carbons (Fsp3) is 0.0714. The molecule has 20 heavy (non-hydrogen) atoms. The van der Waals surface area contributed by atoms with Crippen LogP contribution in [-0.4, -0.2) is 13.0 Å². The van der Waals surface area contributed by atoms with Gasteiger partial charge in [0.25, 0.3) is 5.91 Å². The molecule has 0 fully saturated rings. The van der Waals surface area contributed by atoms with Gasteiger partial charge in [-0.1, -0.05) is 33.6 Å². The molecule has 0 saturated heterocycles. The van der Waals surface area contributed by atoms with Gasteiger partial charge >= 0.3 is 0 Å². The number of hydrogen-bond acceptors (Lipinski definition) is 2. The molecular formula is C14H10BrClFNO2. The lowest BCUT2D eigenvalue weighted by Gasteiger charge is -2.11. The van der Waals surface area contributed by atoms with E-state index in [-0.39, 0.29) is 16.3 Å². The van der Waals surface area contributed by atoms with Gasteiger partial charge in [0.2, 0.25) is 0 Å². The molecule has 1 amide bonds. The molecule has 0 heterocycles. The zero-order valence-electron chi connectivity index (χ0n) is 10.4. The van der Waals surface area contributed by atoms with Crippen molar-refractivity contribution in [2.75, 3.05) is 12.4 Å². The first kappa shape index (κ1) is 14.8. The summed E-state index contributed by atoms with van der Waals surface area (Å²) >= 11 is 9.15. The van der Waals surface area contributed by atoms with Crippen LogP contribution in [0.5, 0.6) is 5.75 Å². The van der Waals surface area contributed by atoms with Crippen molar-refractivity contribution in [1.82, 2.24) is 0 Å². The van der Waals surface area contributed by atoms with Crippen molar-refractivity contribution in [3.05, 3.63) is 57.3 Å². The number of rotatable bonds is 3. The number of methoxy groups -OCH3 is 1. The molecule has 2 aromatic carbocycles. The number of nitrogens with one attached hydrogen (secondary N) is 1. The summed E-state index contributed by atoms with van der Waals surface area (Å²) in [4.78, 5) is 12.2.